The average Bonchev–Trinajstić information content (AvgIpc) is 3.78. The van der Waals surface area contributed by atoms with Crippen LogP contribution >= 0.6 is 0 Å². The molecule has 11 nitrogen and oxygen atoms in total. The van der Waals surface area contributed by atoms with Crippen LogP contribution in [0.3, 0.4) is 0 Å². The molecule has 4 aliphatic rings. The average molecular weight is 683 g/mol. The lowest BCUT2D eigenvalue weighted by Crippen LogP contribution is -2.54. The molecule has 2 saturated heterocycles. The zero-order valence-electron chi connectivity index (χ0n) is 28.9. The maximum atomic E-state index is 13.4. The summed E-state index contributed by atoms with van der Waals surface area (Å²) >= 11 is 0. The number of carbonyl (C=O) groups excluding carboxylic acids is 4. The van der Waals surface area contributed by atoms with Crippen LogP contribution in [0.5, 0.6) is 0 Å². The summed E-state index contributed by atoms with van der Waals surface area (Å²) in [6, 6.07) is 21.7. The summed E-state index contributed by atoms with van der Waals surface area (Å²) in [5.74, 6) is -0.833. The highest BCUT2D eigenvalue weighted by Crippen LogP contribution is 2.48. The van der Waals surface area contributed by atoms with Gasteiger partial charge in [-0.2, -0.15) is 5.26 Å². The predicted molar refractivity (Wildman–Crippen MR) is 190 cm³/mol. The minimum absolute atomic E-state index is 0.0844. The van der Waals surface area contributed by atoms with E-state index in [0.29, 0.717) is 11.5 Å². The summed E-state index contributed by atoms with van der Waals surface area (Å²) in [6.45, 7) is 8.37. The number of carbonyl (C=O) groups is 4. The summed E-state index contributed by atoms with van der Waals surface area (Å²) in [5.41, 5.74) is 8.34. The molecular weight excluding hydrogens is 644 g/mol. The molecule has 1 unspecified atom stereocenters. The van der Waals surface area contributed by atoms with Gasteiger partial charge in [-0.15, -0.1) is 0 Å². The molecule has 0 spiro atoms. The second-order valence-corrected chi connectivity index (χ2v) is 14.3. The molecule has 3 fully saturated rings. The molecule has 1 N–H and O–H groups in total. The minimum Gasteiger partial charge on any atom is -0.371 e. The summed E-state index contributed by atoms with van der Waals surface area (Å²) in [7, 11) is 0. The first-order valence-corrected chi connectivity index (χ1v) is 17.5. The second-order valence-electron chi connectivity index (χ2n) is 14.3. The highest BCUT2D eigenvalue weighted by molar-refractivity contribution is 6.23. The van der Waals surface area contributed by atoms with E-state index in [2.05, 4.69) is 75.7 Å². The van der Waals surface area contributed by atoms with E-state index in [-0.39, 0.29) is 23.8 Å². The van der Waals surface area contributed by atoms with Crippen LogP contribution in [0.1, 0.15) is 75.4 Å². The van der Waals surface area contributed by atoms with Crippen molar-refractivity contribution in [2.75, 3.05) is 29.4 Å². The number of anilines is 3. The fourth-order valence-electron chi connectivity index (χ4n) is 7.82. The van der Waals surface area contributed by atoms with Gasteiger partial charge in [0, 0.05) is 48.7 Å². The van der Waals surface area contributed by atoms with Crippen molar-refractivity contribution in [2.24, 2.45) is 5.92 Å². The Hall–Kier alpha value is -5.76. The number of amides is 4. The molecule has 258 valence electrons. The monoisotopic (exact) mass is 682 g/mol. The van der Waals surface area contributed by atoms with Crippen molar-refractivity contribution in [3.8, 4) is 17.2 Å². The number of hydrogen-bond acceptors (Lipinski definition) is 9. The van der Waals surface area contributed by atoms with Gasteiger partial charge in [0.1, 0.15) is 11.8 Å². The molecule has 11 heteroatoms. The van der Waals surface area contributed by atoms with E-state index >= 15 is 0 Å². The van der Waals surface area contributed by atoms with Crippen LogP contribution < -0.4 is 15.1 Å². The van der Waals surface area contributed by atoms with Gasteiger partial charge in [0.15, 0.2) is 0 Å². The number of nitriles is 1. The Bertz CT molecular complexity index is 2130. The maximum Gasteiger partial charge on any atom is 0.262 e. The third-order valence-corrected chi connectivity index (χ3v) is 11.0. The SMILES string of the molecule is Cc1ccc(-c2c(C)noc2C)cc1N(CCC1CN(c2ccc3c(c2)C(=O)N(C2CCC(=O)NC2=O)C3=O)C1)c1ccc(C2(C#N)CC2)cc1. The standard InChI is InChI=1S/C40H38N6O5/c1-23-4-5-27(36-24(2)43-51-25(36)3)18-34(23)45(29-8-6-28(7-9-29)40(22-41)15-16-40)17-14-26-20-44(21-26)30-10-11-31-32(19-30)39(50)46(38(31)49)33-12-13-35(47)42-37(33)48/h4-11,18-19,26,33H,12-17,20-21H2,1-3H3,(H,42,47,48). The Balaban J connectivity index is 0.996. The van der Waals surface area contributed by atoms with E-state index in [1.54, 1.807) is 12.1 Å². The third-order valence-electron chi connectivity index (χ3n) is 11.0. The van der Waals surface area contributed by atoms with Crippen LogP contribution in [0, 0.1) is 38.0 Å². The first-order valence-electron chi connectivity index (χ1n) is 17.5. The molecule has 4 heterocycles. The van der Waals surface area contributed by atoms with Gasteiger partial charge in [-0.05, 0) is 105 Å². The number of imide groups is 2. The number of hydrogen-bond donors (Lipinski definition) is 1. The van der Waals surface area contributed by atoms with Gasteiger partial charge >= 0.3 is 0 Å². The number of aromatic nitrogens is 1. The smallest absolute Gasteiger partial charge is 0.262 e. The summed E-state index contributed by atoms with van der Waals surface area (Å²) in [6.07, 6.45) is 2.93. The molecule has 1 saturated carbocycles. The van der Waals surface area contributed by atoms with Crippen molar-refractivity contribution in [3.05, 3.63) is 94.4 Å². The molecule has 1 atom stereocenters. The molecule has 8 rings (SSSR count). The molecule has 1 aromatic heterocycles. The maximum absolute atomic E-state index is 13.4. The highest BCUT2D eigenvalue weighted by Gasteiger charge is 2.46. The van der Waals surface area contributed by atoms with Crippen molar-refractivity contribution >= 4 is 40.7 Å². The Morgan fingerprint density at radius 2 is 1.71 bits per heavy atom. The second kappa shape index (κ2) is 12.2. The predicted octanol–water partition coefficient (Wildman–Crippen LogP) is 5.89. The van der Waals surface area contributed by atoms with Crippen LogP contribution in [0.2, 0.25) is 0 Å². The molecule has 51 heavy (non-hydrogen) atoms. The van der Waals surface area contributed by atoms with Gasteiger partial charge in [0.05, 0.1) is 28.3 Å². The fourth-order valence-corrected chi connectivity index (χ4v) is 7.82. The Labute approximate surface area is 295 Å². The quantitative estimate of drug-likeness (QED) is 0.214. The lowest BCUT2D eigenvalue weighted by Gasteiger charge is -2.42. The minimum atomic E-state index is -0.985. The van der Waals surface area contributed by atoms with Crippen molar-refractivity contribution < 1.29 is 23.7 Å². The van der Waals surface area contributed by atoms with Gasteiger partial charge in [-0.3, -0.25) is 29.4 Å². The third kappa shape index (κ3) is 5.55. The number of benzene rings is 3. The van der Waals surface area contributed by atoms with E-state index in [1.807, 2.05) is 19.9 Å². The summed E-state index contributed by atoms with van der Waals surface area (Å²) in [4.78, 5) is 56.2. The molecule has 3 aromatic carbocycles. The number of piperidine rings is 1. The van der Waals surface area contributed by atoms with Gasteiger partial charge in [-0.25, -0.2) is 0 Å². The first kappa shape index (κ1) is 32.4. The number of fused-ring (bicyclic) bond motifs is 1. The van der Waals surface area contributed by atoms with Crippen molar-refractivity contribution in [1.82, 2.24) is 15.4 Å². The van der Waals surface area contributed by atoms with Crippen LogP contribution in [0.25, 0.3) is 11.1 Å². The highest BCUT2D eigenvalue weighted by atomic mass is 16.5. The van der Waals surface area contributed by atoms with Crippen molar-refractivity contribution in [3.63, 3.8) is 0 Å². The van der Waals surface area contributed by atoms with Gasteiger partial charge < -0.3 is 14.3 Å². The van der Waals surface area contributed by atoms with E-state index in [4.69, 9.17) is 4.52 Å². The van der Waals surface area contributed by atoms with Gasteiger partial charge in [-0.1, -0.05) is 29.4 Å². The topological polar surface area (TPSA) is 140 Å². The summed E-state index contributed by atoms with van der Waals surface area (Å²) < 4.78 is 5.49. The first-order chi connectivity index (χ1) is 24.6. The van der Waals surface area contributed by atoms with E-state index in [1.165, 1.54) is 0 Å². The molecule has 1 aliphatic carbocycles. The van der Waals surface area contributed by atoms with Crippen LogP contribution in [-0.2, 0) is 15.0 Å². The molecule has 4 amide bonds. The normalized spacial score (nSPS) is 19.5. The number of rotatable bonds is 9. The lowest BCUT2D eigenvalue weighted by molar-refractivity contribution is -0.136. The number of aryl methyl sites for hydroxylation is 3. The van der Waals surface area contributed by atoms with Gasteiger partial charge in [0.25, 0.3) is 11.8 Å². The fraction of sp³-hybridized carbons (Fsp3) is 0.350. The Morgan fingerprint density at radius 1 is 0.961 bits per heavy atom. The molecular formula is C40H38N6O5. The zero-order chi connectivity index (χ0) is 35.6. The molecule has 4 aromatic rings. The van der Waals surface area contributed by atoms with Crippen LogP contribution in [0.4, 0.5) is 17.1 Å². The largest absolute Gasteiger partial charge is 0.371 e. The molecule has 0 bridgehead atoms. The van der Waals surface area contributed by atoms with Crippen LogP contribution in [-0.4, -0.2) is 59.4 Å². The van der Waals surface area contributed by atoms with Crippen molar-refractivity contribution in [1.29, 1.82) is 5.26 Å². The Morgan fingerprint density at radius 3 is 2.37 bits per heavy atom. The zero-order valence-corrected chi connectivity index (χ0v) is 28.9. The van der Waals surface area contributed by atoms with Crippen LogP contribution in [0.15, 0.2) is 65.2 Å². The van der Waals surface area contributed by atoms with E-state index < -0.39 is 29.7 Å². The van der Waals surface area contributed by atoms with Crippen molar-refractivity contribution in [2.45, 2.75) is 64.3 Å². The van der Waals surface area contributed by atoms with E-state index in [0.717, 1.165) is 94.6 Å². The van der Waals surface area contributed by atoms with Gasteiger partial charge in [0.2, 0.25) is 11.8 Å². The number of nitrogens with zero attached hydrogens (tertiary/aromatic N) is 5. The lowest BCUT2D eigenvalue weighted by atomic mass is 9.93. The Kier molecular flexibility index (Phi) is 7.78. The van der Waals surface area contributed by atoms with E-state index in [9.17, 15) is 24.4 Å². The molecule has 3 aliphatic heterocycles. The molecule has 0 radical (unpaired) electrons. The number of nitrogens with one attached hydrogen (secondary N) is 1. The summed E-state index contributed by atoms with van der Waals surface area (Å²) in [5, 5.41) is 16.2.